The Labute approximate surface area is 155 Å². The first-order chi connectivity index (χ1) is 12.1. The van der Waals surface area contributed by atoms with Crippen LogP contribution in [0, 0.1) is 19.8 Å². The van der Waals surface area contributed by atoms with E-state index in [0.29, 0.717) is 18.5 Å². The molecule has 7 heteroatoms. The summed E-state index contributed by atoms with van der Waals surface area (Å²) in [5, 5.41) is 0. The third kappa shape index (κ3) is 5.30. The number of rotatable bonds is 6. The van der Waals surface area contributed by atoms with E-state index in [1.54, 1.807) is 11.0 Å². The van der Waals surface area contributed by atoms with Crippen LogP contribution < -0.4 is 0 Å². The van der Waals surface area contributed by atoms with Gasteiger partial charge in [0, 0.05) is 12.6 Å². The summed E-state index contributed by atoms with van der Waals surface area (Å²) in [4.78, 5) is 26.5. The maximum Gasteiger partial charge on any atom is 0.338 e. The normalized spacial score (nSPS) is 18.7. The van der Waals surface area contributed by atoms with Crippen LogP contribution in [0.25, 0.3) is 0 Å². The lowest BCUT2D eigenvalue weighted by Gasteiger charge is -2.29. The molecule has 0 aromatic heterocycles. The maximum atomic E-state index is 12.6. The molecule has 1 heterocycles. The number of hydrogen-bond acceptors (Lipinski definition) is 5. The molecule has 2 rings (SSSR count). The monoisotopic (exact) mass is 381 g/mol. The van der Waals surface area contributed by atoms with E-state index in [-0.39, 0.29) is 36.0 Å². The molecular formula is C19H27NO5S. The van der Waals surface area contributed by atoms with Crippen molar-refractivity contribution < 1.29 is 22.7 Å². The molecule has 0 N–H and O–H groups in total. The summed E-state index contributed by atoms with van der Waals surface area (Å²) in [6.45, 7) is 7.69. The van der Waals surface area contributed by atoms with Gasteiger partial charge in [-0.3, -0.25) is 4.79 Å². The van der Waals surface area contributed by atoms with Gasteiger partial charge in [-0.05, 0) is 37.8 Å². The minimum atomic E-state index is -3.10. The Bertz CT molecular complexity index is 785. The topological polar surface area (TPSA) is 80.8 Å². The summed E-state index contributed by atoms with van der Waals surface area (Å²) in [5.41, 5.74) is 2.16. The van der Waals surface area contributed by atoms with Crippen LogP contribution >= 0.6 is 0 Å². The first-order valence-corrected chi connectivity index (χ1v) is 10.7. The Kier molecular flexibility index (Phi) is 6.44. The quantitative estimate of drug-likeness (QED) is 0.705. The Hall–Kier alpha value is -1.89. The summed E-state index contributed by atoms with van der Waals surface area (Å²) in [6, 6.07) is 5.14. The van der Waals surface area contributed by atoms with E-state index < -0.39 is 15.8 Å². The van der Waals surface area contributed by atoms with E-state index in [1.807, 2.05) is 39.8 Å². The lowest BCUT2D eigenvalue weighted by Crippen LogP contribution is -2.45. The molecule has 26 heavy (non-hydrogen) atoms. The summed E-state index contributed by atoms with van der Waals surface area (Å²) in [6.07, 6.45) is 0.436. The van der Waals surface area contributed by atoms with Gasteiger partial charge in [-0.2, -0.15) is 0 Å². The number of carbonyl (C=O) groups is 2. The molecule has 0 spiro atoms. The largest absolute Gasteiger partial charge is 0.452 e. The molecule has 144 valence electrons. The third-order valence-corrected chi connectivity index (χ3v) is 6.22. The zero-order valence-electron chi connectivity index (χ0n) is 15.8. The smallest absolute Gasteiger partial charge is 0.338 e. The van der Waals surface area contributed by atoms with Gasteiger partial charge in [0.15, 0.2) is 16.4 Å². The van der Waals surface area contributed by atoms with Gasteiger partial charge in [0.05, 0.1) is 17.1 Å². The molecule has 0 radical (unpaired) electrons. The summed E-state index contributed by atoms with van der Waals surface area (Å²) < 4.78 is 28.7. The Balaban J connectivity index is 2.05. The predicted octanol–water partition coefficient (Wildman–Crippen LogP) is 2.13. The molecule has 1 aromatic rings. The summed E-state index contributed by atoms with van der Waals surface area (Å²) in [5.74, 6) is -0.613. The van der Waals surface area contributed by atoms with Crippen LogP contribution in [0.3, 0.4) is 0 Å². The summed E-state index contributed by atoms with van der Waals surface area (Å²) in [7, 11) is -3.10. The number of amides is 1. The third-order valence-electron chi connectivity index (χ3n) is 4.47. The second kappa shape index (κ2) is 8.20. The van der Waals surface area contributed by atoms with Crippen LogP contribution in [-0.2, 0) is 19.4 Å². The molecule has 0 unspecified atom stereocenters. The van der Waals surface area contributed by atoms with E-state index in [9.17, 15) is 18.0 Å². The molecule has 1 amide bonds. The van der Waals surface area contributed by atoms with E-state index in [0.717, 1.165) is 11.1 Å². The van der Waals surface area contributed by atoms with Crippen molar-refractivity contribution in [1.29, 1.82) is 0 Å². The second-order valence-electron chi connectivity index (χ2n) is 7.39. The number of ether oxygens (including phenoxy) is 1. The molecule has 1 aliphatic rings. The molecule has 0 aliphatic carbocycles. The van der Waals surface area contributed by atoms with Crippen molar-refractivity contribution in [3.8, 4) is 0 Å². The van der Waals surface area contributed by atoms with E-state index in [1.165, 1.54) is 0 Å². The molecule has 1 atom stereocenters. The fraction of sp³-hybridized carbons (Fsp3) is 0.579. The lowest BCUT2D eigenvalue weighted by atomic mass is 10.1. The van der Waals surface area contributed by atoms with Gasteiger partial charge in [-0.25, -0.2) is 13.2 Å². The number of sulfone groups is 1. The minimum absolute atomic E-state index is 0.0175. The number of carbonyl (C=O) groups excluding carboxylic acids is 2. The highest BCUT2D eigenvalue weighted by Crippen LogP contribution is 2.20. The number of benzene rings is 1. The highest BCUT2D eigenvalue weighted by atomic mass is 32.2. The van der Waals surface area contributed by atoms with Crippen molar-refractivity contribution in [1.82, 2.24) is 4.90 Å². The molecule has 0 bridgehead atoms. The Morgan fingerprint density at radius 3 is 2.54 bits per heavy atom. The number of nitrogens with zero attached hydrogens (tertiary/aromatic N) is 1. The highest BCUT2D eigenvalue weighted by Gasteiger charge is 2.35. The van der Waals surface area contributed by atoms with Crippen LogP contribution in [0.5, 0.6) is 0 Å². The van der Waals surface area contributed by atoms with Gasteiger partial charge in [-0.1, -0.05) is 31.5 Å². The van der Waals surface area contributed by atoms with E-state index in [4.69, 9.17) is 4.74 Å². The van der Waals surface area contributed by atoms with Crippen molar-refractivity contribution in [2.45, 2.75) is 40.2 Å². The van der Waals surface area contributed by atoms with Gasteiger partial charge >= 0.3 is 5.97 Å². The van der Waals surface area contributed by atoms with E-state index >= 15 is 0 Å². The standard InChI is InChI=1S/C19H27NO5S/c1-13(2)10-20(16-7-8-26(23,24)12-16)18(21)11-25-19(22)17-9-14(3)5-6-15(17)4/h5-6,9,13,16H,7-8,10-12H2,1-4H3/t16-/m1/s1. The zero-order valence-corrected chi connectivity index (χ0v) is 16.6. The molecule has 1 fully saturated rings. The minimum Gasteiger partial charge on any atom is -0.452 e. The summed E-state index contributed by atoms with van der Waals surface area (Å²) >= 11 is 0. The van der Waals surface area contributed by atoms with Crippen LogP contribution in [-0.4, -0.2) is 55.9 Å². The van der Waals surface area contributed by atoms with Crippen LogP contribution in [0.2, 0.25) is 0 Å². The SMILES string of the molecule is Cc1ccc(C)c(C(=O)OCC(=O)N(CC(C)C)[C@@H]2CCS(=O)(=O)C2)c1. The van der Waals surface area contributed by atoms with Crippen molar-refractivity contribution >= 4 is 21.7 Å². The van der Waals surface area contributed by atoms with Crippen molar-refractivity contribution in [2.75, 3.05) is 24.7 Å². The van der Waals surface area contributed by atoms with Gasteiger partial charge in [-0.15, -0.1) is 0 Å². The predicted molar refractivity (Wildman–Crippen MR) is 99.8 cm³/mol. The van der Waals surface area contributed by atoms with Crippen molar-refractivity contribution in [3.05, 3.63) is 34.9 Å². The number of aryl methyl sites for hydroxylation is 2. The zero-order chi connectivity index (χ0) is 19.5. The lowest BCUT2D eigenvalue weighted by molar-refractivity contribution is -0.137. The Morgan fingerprint density at radius 2 is 1.96 bits per heavy atom. The number of esters is 1. The van der Waals surface area contributed by atoms with Gasteiger partial charge in [0.1, 0.15) is 0 Å². The van der Waals surface area contributed by atoms with Crippen LogP contribution in [0.4, 0.5) is 0 Å². The van der Waals surface area contributed by atoms with Crippen LogP contribution in [0.1, 0.15) is 41.8 Å². The average Bonchev–Trinajstić information content (AvgIpc) is 2.91. The molecule has 1 saturated heterocycles. The Morgan fingerprint density at radius 1 is 1.27 bits per heavy atom. The molecule has 6 nitrogen and oxygen atoms in total. The fourth-order valence-corrected chi connectivity index (χ4v) is 4.84. The number of hydrogen-bond donors (Lipinski definition) is 0. The van der Waals surface area contributed by atoms with Crippen molar-refractivity contribution in [2.24, 2.45) is 5.92 Å². The fourth-order valence-electron chi connectivity index (χ4n) is 3.11. The maximum absolute atomic E-state index is 12.6. The molecular weight excluding hydrogens is 354 g/mol. The van der Waals surface area contributed by atoms with Gasteiger partial charge in [0.2, 0.25) is 0 Å². The molecule has 1 aliphatic heterocycles. The first kappa shape index (κ1) is 20.4. The van der Waals surface area contributed by atoms with Crippen LogP contribution in [0.15, 0.2) is 18.2 Å². The van der Waals surface area contributed by atoms with Gasteiger partial charge in [0.25, 0.3) is 5.91 Å². The van der Waals surface area contributed by atoms with E-state index in [2.05, 4.69) is 0 Å². The highest BCUT2D eigenvalue weighted by molar-refractivity contribution is 7.91. The van der Waals surface area contributed by atoms with Crippen molar-refractivity contribution in [3.63, 3.8) is 0 Å². The molecule has 0 saturated carbocycles. The second-order valence-corrected chi connectivity index (χ2v) is 9.62. The molecule has 1 aromatic carbocycles. The first-order valence-electron chi connectivity index (χ1n) is 8.83. The average molecular weight is 381 g/mol. The van der Waals surface area contributed by atoms with Gasteiger partial charge < -0.3 is 9.64 Å².